The summed E-state index contributed by atoms with van der Waals surface area (Å²) in [6, 6.07) is 19.3. The molecule has 2 aromatic rings. The van der Waals surface area contributed by atoms with E-state index in [1.54, 1.807) is 6.92 Å². The molecule has 2 N–H and O–H groups in total. The van der Waals surface area contributed by atoms with Crippen LogP contribution in [0, 0.1) is 0 Å². The Kier molecular flexibility index (Phi) is 5.58. The second-order valence-corrected chi connectivity index (χ2v) is 6.31. The summed E-state index contributed by atoms with van der Waals surface area (Å²) >= 11 is 0. The lowest BCUT2D eigenvalue weighted by Crippen LogP contribution is -2.49. The maximum Gasteiger partial charge on any atom is 0.244 e. The molecule has 2 atom stereocenters. The Balaban J connectivity index is 2.46. The normalized spacial score (nSPS) is 15.8. The van der Waals surface area contributed by atoms with Crippen molar-refractivity contribution in [2.24, 2.45) is 0 Å². The zero-order chi connectivity index (χ0) is 17.6. The fourth-order valence-corrected chi connectivity index (χ4v) is 3.17. The van der Waals surface area contributed by atoms with E-state index in [1.165, 1.54) is 6.08 Å². The molecule has 126 valence electrons. The quantitative estimate of drug-likeness (QED) is 0.759. The SMILES string of the molecule is C=CC(=O)NC(CC)(CC(C)(O)c1ccccc1)c1ccccc1. The molecule has 2 unspecified atom stereocenters. The van der Waals surface area contributed by atoms with Crippen LogP contribution in [0.4, 0.5) is 0 Å². The highest BCUT2D eigenvalue weighted by molar-refractivity contribution is 5.87. The summed E-state index contributed by atoms with van der Waals surface area (Å²) in [6.07, 6.45) is 2.29. The largest absolute Gasteiger partial charge is 0.385 e. The standard InChI is InChI=1S/C21H25NO2/c1-4-19(23)22-21(5-2,18-14-10-7-11-15-18)16-20(3,24)17-12-8-6-9-13-17/h4,6-15,24H,1,5,16H2,2-3H3,(H,22,23). The van der Waals surface area contributed by atoms with Gasteiger partial charge in [-0.1, -0.05) is 74.2 Å². The Morgan fingerprint density at radius 3 is 2.04 bits per heavy atom. The average molecular weight is 323 g/mol. The minimum absolute atomic E-state index is 0.246. The fraction of sp³-hybridized carbons (Fsp3) is 0.286. The zero-order valence-electron chi connectivity index (χ0n) is 14.3. The Morgan fingerprint density at radius 1 is 1.08 bits per heavy atom. The number of aliphatic hydroxyl groups is 1. The maximum absolute atomic E-state index is 12.1. The molecule has 0 aromatic heterocycles. The molecular weight excluding hydrogens is 298 g/mol. The number of hydrogen-bond acceptors (Lipinski definition) is 2. The lowest BCUT2D eigenvalue weighted by Gasteiger charge is -2.40. The van der Waals surface area contributed by atoms with E-state index < -0.39 is 11.1 Å². The van der Waals surface area contributed by atoms with Gasteiger partial charge in [0, 0.05) is 6.42 Å². The van der Waals surface area contributed by atoms with Crippen LogP contribution in [0.25, 0.3) is 0 Å². The van der Waals surface area contributed by atoms with Crippen molar-refractivity contribution in [1.82, 2.24) is 5.32 Å². The van der Waals surface area contributed by atoms with Crippen molar-refractivity contribution in [3.05, 3.63) is 84.4 Å². The van der Waals surface area contributed by atoms with Crippen molar-refractivity contribution in [2.45, 2.75) is 37.8 Å². The highest BCUT2D eigenvalue weighted by Gasteiger charge is 2.39. The van der Waals surface area contributed by atoms with Gasteiger partial charge in [-0.05, 0) is 30.5 Å². The monoisotopic (exact) mass is 323 g/mol. The number of rotatable bonds is 7. The van der Waals surface area contributed by atoms with Gasteiger partial charge in [-0.15, -0.1) is 0 Å². The Morgan fingerprint density at radius 2 is 1.58 bits per heavy atom. The van der Waals surface area contributed by atoms with E-state index in [-0.39, 0.29) is 5.91 Å². The highest BCUT2D eigenvalue weighted by atomic mass is 16.3. The van der Waals surface area contributed by atoms with E-state index in [2.05, 4.69) is 11.9 Å². The highest BCUT2D eigenvalue weighted by Crippen LogP contribution is 2.38. The van der Waals surface area contributed by atoms with Crippen molar-refractivity contribution in [2.75, 3.05) is 0 Å². The number of hydrogen-bond donors (Lipinski definition) is 2. The first-order valence-corrected chi connectivity index (χ1v) is 8.21. The predicted octanol–water partition coefficient (Wildman–Crippen LogP) is 3.89. The van der Waals surface area contributed by atoms with Gasteiger partial charge in [-0.3, -0.25) is 4.79 Å². The van der Waals surface area contributed by atoms with Crippen LogP contribution in [-0.4, -0.2) is 11.0 Å². The lowest BCUT2D eigenvalue weighted by atomic mass is 9.75. The smallest absolute Gasteiger partial charge is 0.244 e. The second kappa shape index (κ2) is 7.45. The van der Waals surface area contributed by atoms with Crippen LogP contribution >= 0.6 is 0 Å². The van der Waals surface area contributed by atoms with Gasteiger partial charge >= 0.3 is 0 Å². The van der Waals surface area contributed by atoms with Crippen molar-refractivity contribution in [3.63, 3.8) is 0 Å². The molecular formula is C21H25NO2. The molecule has 0 fully saturated rings. The van der Waals surface area contributed by atoms with Crippen molar-refractivity contribution in [3.8, 4) is 0 Å². The van der Waals surface area contributed by atoms with E-state index in [9.17, 15) is 9.90 Å². The first-order valence-electron chi connectivity index (χ1n) is 8.21. The molecule has 0 saturated heterocycles. The minimum Gasteiger partial charge on any atom is -0.385 e. The average Bonchev–Trinajstić information content (AvgIpc) is 2.62. The van der Waals surface area contributed by atoms with Gasteiger partial charge in [-0.2, -0.15) is 0 Å². The number of benzene rings is 2. The molecule has 0 aliphatic rings. The van der Waals surface area contributed by atoms with Crippen LogP contribution in [0.2, 0.25) is 0 Å². The van der Waals surface area contributed by atoms with Crippen LogP contribution < -0.4 is 5.32 Å². The molecule has 0 radical (unpaired) electrons. The first kappa shape index (κ1) is 18.0. The van der Waals surface area contributed by atoms with E-state index in [1.807, 2.05) is 67.6 Å². The number of amides is 1. The van der Waals surface area contributed by atoms with Crippen LogP contribution in [0.15, 0.2) is 73.3 Å². The van der Waals surface area contributed by atoms with Gasteiger partial charge in [0.15, 0.2) is 0 Å². The molecule has 3 heteroatoms. The third-order valence-corrected chi connectivity index (χ3v) is 4.52. The first-order chi connectivity index (χ1) is 11.4. The summed E-state index contributed by atoms with van der Waals surface area (Å²) in [4.78, 5) is 12.1. The van der Waals surface area contributed by atoms with Gasteiger partial charge in [0.1, 0.15) is 0 Å². The fourth-order valence-electron chi connectivity index (χ4n) is 3.17. The molecule has 0 bridgehead atoms. The summed E-state index contributed by atoms with van der Waals surface area (Å²) in [5, 5.41) is 14.2. The summed E-state index contributed by atoms with van der Waals surface area (Å²) in [7, 11) is 0. The second-order valence-electron chi connectivity index (χ2n) is 6.31. The van der Waals surface area contributed by atoms with Gasteiger partial charge in [-0.25, -0.2) is 0 Å². The van der Waals surface area contributed by atoms with Gasteiger partial charge in [0.25, 0.3) is 0 Å². The molecule has 2 aromatic carbocycles. The summed E-state index contributed by atoms with van der Waals surface area (Å²) in [5.41, 5.74) is 0.0403. The van der Waals surface area contributed by atoms with Crippen LogP contribution in [0.3, 0.4) is 0 Å². The molecule has 2 rings (SSSR count). The van der Waals surface area contributed by atoms with Gasteiger partial charge < -0.3 is 10.4 Å². The Labute approximate surface area is 144 Å². The number of nitrogens with one attached hydrogen (secondary N) is 1. The molecule has 0 spiro atoms. The molecule has 3 nitrogen and oxygen atoms in total. The third-order valence-electron chi connectivity index (χ3n) is 4.52. The van der Waals surface area contributed by atoms with Crippen LogP contribution in [0.1, 0.15) is 37.8 Å². The lowest BCUT2D eigenvalue weighted by molar-refractivity contribution is -0.119. The number of carbonyl (C=O) groups is 1. The van der Waals surface area contributed by atoms with E-state index in [0.29, 0.717) is 12.8 Å². The van der Waals surface area contributed by atoms with Crippen molar-refractivity contribution >= 4 is 5.91 Å². The molecule has 1 amide bonds. The predicted molar refractivity (Wildman–Crippen MR) is 97.4 cm³/mol. The van der Waals surface area contributed by atoms with Crippen LogP contribution in [-0.2, 0) is 15.9 Å². The molecule has 0 aliphatic heterocycles. The van der Waals surface area contributed by atoms with Gasteiger partial charge in [0.05, 0.1) is 11.1 Å². The van der Waals surface area contributed by atoms with Crippen molar-refractivity contribution in [1.29, 1.82) is 0 Å². The van der Waals surface area contributed by atoms with E-state index >= 15 is 0 Å². The molecule has 0 heterocycles. The summed E-state index contributed by atoms with van der Waals surface area (Å²) in [6.45, 7) is 7.35. The zero-order valence-corrected chi connectivity index (χ0v) is 14.3. The topological polar surface area (TPSA) is 49.3 Å². The Bertz CT molecular complexity index is 679. The Hall–Kier alpha value is -2.39. The maximum atomic E-state index is 12.1. The number of carbonyl (C=O) groups excluding carboxylic acids is 1. The van der Waals surface area contributed by atoms with E-state index in [0.717, 1.165) is 11.1 Å². The molecule has 24 heavy (non-hydrogen) atoms. The molecule has 0 saturated carbocycles. The third kappa shape index (κ3) is 3.92. The van der Waals surface area contributed by atoms with Crippen molar-refractivity contribution < 1.29 is 9.90 Å². The summed E-state index contributed by atoms with van der Waals surface area (Å²) < 4.78 is 0. The van der Waals surface area contributed by atoms with Crippen LogP contribution in [0.5, 0.6) is 0 Å². The molecule has 0 aliphatic carbocycles. The summed E-state index contributed by atoms with van der Waals surface area (Å²) in [5.74, 6) is -0.246. The van der Waals surface area contributed by atoms with Gasteiger partial charge in [0.2, 0.25) is 5.91 Å². The van der Waals surface area contributed by atoms with E-state index in [4.69, 9.17) is 0 Å². The minimum atomic E-state index is -1.08.